The average Bonchev–Trinajstić information content (AvgIpc) is 2.24. The molecule has 2 unspecified atom stereocenters. The molecule has 0 spiro atoms. The first kappa shape index (κ1) is 16.8. The second kappa shape index (κ2) is 6.45. The van der Waals surface area contributed by atoms with Crippen LogP contribution in [0.4, 0.5) is 0 Å². The van der Waals surface area contributed by atoms with Crippen molar-refractivity contribution in [2.75, 3.05) is 6.54 Å². The maximum absolute atomic E-state index is 12.2. The van der Waals surface area contributed by atoms with E-state index in [0.29, 0.717) is 17.9 Å². The normalized spacial score (nSPS) is 34.3. The number of hydrogen-bond donors (Lipinski definition) is 2. The Morgan fingerprint density at radius 3 is 2.21 bits per heavy atom. The zero-order chi connectivity index (χ0) is 13.3. The first-order chi connectivity index (χ1) is 8.37. The standard InChI is InChI=1S/C15H28N2O.ClH/c1-15(2,3)9-17-14(18)12-7-10-5-4-6-11(8-12)13(10)16;/h10-13H,4-9,16H2,1-3H3,(H,17,18);1H. The monoisotopic (exact) mass is 288 g/mol. The molecule has 0 radical (unpaired) electrons. The molecular formula is C15H29ClN2O. The second-order valence-corrected chi connectivity index (χ2v) is 7.48. The molecule has 3 N–H and O–H groups in total. The summed E-state index contributed by atoms with van der Waals surface area (Å²) in [7, 11) is 0. The quantitative estimate of drug-likeness (QED) is 0.821. The highest BCUT2D eigenvalue weighted by Gasteiger charge is 2.40. The van der Waals surface area contributed by atoms with E-state index in [9.17, 15) is 4.79 Å². The van der Waals surface area contributed by atoms with Crippen LogP contribution in [0, 0.1) is 23.2 Å². The smallest absolute Gasteiger partial charge is 0.223 e. The highest BCUT2D eigenvalue weighted by Crippen LogP contribution is 2.41. The second-order valence-electron chi connectivity index (χ2n) is 7.48. The van der Waals surface area contributed by atoms with Crippen LogP contribution in [0.2, 0.25) is 0 Å². The summed E-state index contributed by atoms with van der Waals surface area (Å²) in [6, 6.07) is 0.352. The van der Waals surface area contributed by atoms with Crippen LogP contribution >= 0.6 is 12.4 Å². The number of carbonyl (C=O) groups is 1. The lowest BCUT2D eigenvalue weighted by Gasteiger charge is -2.43. The SMILES string of the molecule is CC(C)(C)CNC(=O)C1CC2CCCC(C1)C2N.Cl. The number of rotatable bonds is 2. The van der Waals surface area contributed by atoms with E-state index in [0.717, 1.165) is 19.4 Å². The fourth-order valence-electron chi connectivity index (χ4n) is 3.50. The Balaban J connectivity index is 0.00000180. The van der Waals surface area contributed by atoms with E-state index in [1.807, 2.05) is 0 Å². The number of nitrogens with one attached hydrogen (secondary N) is 1. The van der Waals surface area contributed by atoms with Crippen LogP contribution in [0.1, 0.15) is 52.9 Å². The minimum atomic E-state index is 0. The molecule has 2 aliphatic carbocycles. The van der Waals surface area contributed by atoms with E-state index in [2.05, 4.69) is 26.1 Å². The molecule has 2 rings (SSSR count). The number of carbonyl (C=O) groups excluding carboxylic acids is 1. The Morgan fingerprint density at radius 1 is 1.21 bits per heavy atom. The molecule has 0 saturated heterocycles. The highest BCUT2D eigenvalue weighted by atomic mass is 35.5. The van der Waals surface area contributed by atoms with E-state index in [4.69, 9.17) is 5.73 Å². The van der Waals surface area contributed by atoms with Gasteiger partial charge >= 0.3 is 0 Å². The number of nitrogens with two attached hydrogens (primary N) is 1. The zero-order valence-corrected chi connectivity index (χ0v) is 13.3. The lowest BCUT2D eigenvalue weighted by Crippen LogP contribution is -2.49. The van der Waals surface area contributed by atoms with Gasteiger partial charge in [0.05, 0.1) is 0 Å². The van der Waals surface area contributed by atoms with Crippen LogP contribution in [0.5, 0.6) is 0 Å². The third kappa shape index (κ3) is 4.35. The molecule has 3 nitrogen and oxygen atoms in total. The lowest BCUT2D eigenvalue weighted by molar-refractivity contribution is -0.128. The largest absolute Gasteiger partial charge is 0.355 e. The van der Waals surface area contributed by atoms with Gasteiger partial charge in [0.1, 0.15) is 0 Å². The molecule has 2 aliphatic rings. The molecular weight excluding hydrogens is 260 g/mol. The van der Waals surface area contributed by atoms with Gasteiger partial charge in [0.25, 0.3) is 0 Å². The van der Waals surface area contributed by atoms with E-state index < -0.39 is 0 Å². The summed E-state index contributed by atoms with van der Waals surface area (Å²) < 4.78 is 0. The minimum absolute atomic E-state index is 0. The molecule has 112 valence electrons. The highest BCUT2D eigenvalue weighted by molar-refractivity contribution is 5.85. The van der Waals surface area contributed by atoms with Gasteiger partial charge in [-0.3, -0.25) is 4.79 Å². The van der Waals surface area contributed by atoms with Crippen molar-refractivity contribution >= 4 is 18.3 Å². The van der Waals surface area contributed by atoms with Gasteiger partial charge in [-0.1, -0.05) is 27.2 Å². The molecule has 2 atom stereocenters. The summed E-state index contributed by atoms with van der Waals surface area (Å²) in [5, 5.41) is 3.12. The third-order valence-corrected chi connectivity index (χ3v) is 4.58. The Morgan fingerprint density at radius 2 is 1.74 bits per heavy atom. The van der Waals surface area contributed by atoms with Crippen molar-refractivity contribution in [2.45, 2.75) is 58.9 Å². The molecule has 0 aromatic rings. The summed E-state index contributed by atoms with van der Waals surface area (Å²) in [4.78, 5) is 12.2. The van der Waals surface area contributed by atoms with Crippen molar-refractivity contribution in [3.05, 3.63) is 0 Å². The van der Waals surface area contributed by atoms with Crippen LogP contribution in [0.15, 0.2) is 0 Å². The van der Waals surface area contributed by atoms with E-state index in [1.54, 1.807) is 0 Å². The predicted molar refractivity (Wildman–Crippen MR) is 81.2 cm³/mol. The van der Waals surface area contributed by atoms with Crippen molar-refractivity contribution in [2.24, 2.45) is 28.9 Å². The molecule has 0 heterocycles. The number of fused-ring (bicyclic) bond motifs is 2. The first-order valence-corrected chi connectivity index (χ1v) is 7.40. The topological polar surface area (TPSA) is 55.1 Å². The van der Waals surface area contributed by atoms with Crippen molar-refractivity contribution in [1.29, 1.82) is 0 Å². The van der Waals surface area contributed by atoms with Crippen LogP contribution in [0.25, 0.3) is 0 Å². The Bertz CT molecular complexity index is 300. The zero-order valence-electron chi connectivity index (χ0n) is 12.4. The van der Waals surface area contributed by atoms with Crippen LogP contribution in [-0.2, 0) is 4.79 Å². The Kier molecular flexibility index (Phi) is 5.69. The minimum Gasteiger partial charge on any atom is -0.355 e. The fourth-order valence-corrected chi connectivity index (χ4v) is 3.50. The summed E-state index contributed by atoms with van der Waals surface area (Å²) >= 11 is 0. The van der Waals surface area contributed by atoms with Gasteiger partial charge in [-0.25, -0.2) is 0 Å². The third-order valence-electron chi connectivity index (χ3n) is 4.58. The van der Waals surface area contributed by atoms with E-state index >= 15 is 0 Å². The Hall–Kier alpha value is -0.280. The first-order valence-electron chi connectivity index (χ1n) is 7.40. The number of amides is 1. The van der Waals surface area contributed by atoms with Crippen molar-refractivity contribution in [3.8, 4) is 0 Å². The molecule has 4 heteroatoms. The fraction of sp³-hybridized carbons (Fsp3) is 0.933. The van der Waals surface area contributed by atoms with Gasteiger partial charge in [-0.15, -0.1) is 12.4 Å². The maximum Gasteiger partial charge on any atom is 0.223 e. The summed E-state index contributed by atoms with van der Waals surface area (Å²) in [5.41, 5.74) is 6.42. The Labute approximate surface area is 123 Å². The number of halogens is 1. The van der Waals surface area contributed by atoms with E-state index in [1.165, 1.54) is 19.3 Å². The van der Waals surface area contributed by atoms with Gasteiger partial charge in [0, 0.05) is 18.5 Å². The van der Waals surface area contributed by atoms with Crippen molar-refractivity contribution in [3.63, 3.8) is 0 Å². The molecule has 0 aliphatic heterocycles. The van der Waals surface area contributed by atoms with Gasteiger partial charge in [0.15, 0.2) is 0 Å². The van der Waals surface area contributed by atoms with Gasteiger partial charge in [-0.2, -0.15) is 0 Å². The lowest BCUT2D eigenvalue weighted by atomic mass is 9.65. The maximum atomic E-state index is 12.2. The van der Waals surface area contributed by atoms with Gasteiger partial charge in [0.2, 0.25) is 5.91 Å². The van der Waals surface area contributed by atoms with Gasteiger partial charge in [-0.05, 0) is 42.9 Å². The summed E-state index contributed by atoms with van der Waals surface area (Å²) in [5.74, 6) is 1.64. The number of hydrogen-bond acceptors (Lipinski definition) is 2. The molecule has 2 saturated carbocycles. The van der Waals surface area contributed by atoms with Crippen molar-refractivity contribution in [1.82, 2.24) is 5.32 Å². The van der Waals surface area contributed by atoms with Crippen LogP contribution < -0.4 is 11.1 Å². The molecule has 2 bridgehead atoms. The van der Waals surface area contributed by atoms with Crippen molar-refractivity contribution < 1.29 is 4.79 Å². The molecule has 1 amide bonds. The van der Waals surface area contributed by atoms with Crippen LogP contribution in [-0.4, -0.2) is 18.5 Å². The molecule has 0 aromatic heterocycles. The van der Waals surface area contributed by atoms with Gasteiger partial charge < -0.3 is 11.1 Å². The van der Waals surface area contributed by atoms with Crippen LogP contribution in [0.3, 0.4) is 0 Å². The summed E-state index contributed by atoms with van der Waals surface area (Å²) in [6.45, 7) is 7.22. The van der Waals surface area contributed by atoms with E-state index in [-0.39, 0.29) is 29.6 Å². The molecule has 2 fully saturated rings. The summed E-state index contributed by atoms with van der Waals surface area (Å²) in [6.07, 6.45) is 5.77. The molecule has 0 aromatic carbocycles. The molecule has 19 heavy (non-hydrogen) atoms. The average molecular weight is 289 g/mol. The predicted octanol–water partition coefficient (Wildman–Crippen LogP) is 2.72.